The van der Waals surface area contributed by atoms with Crippen molar-refractivity contribution in [2.45, 2.75) is 19.9 Å². The minimum atomic E-state index is -0.253. The molecule has 0 fully saturated rings. The average Bonchev–Trinajstić information content (AvgIpc) is 3.43. The zero-order valence-electron chi connectivity index (χ0n) is 16.5. The fourth-order valence-corrected chi connectivity index (χ4v) is 3.53. The van der Waals surface area contributed by atoms with Crippen LogP contribution in [0, 0.1) is 0 Å². The maximum Gasteiger partial charge on any atom is 0.256 e. The number of amides is 1. The van der Waals surface area contributed by atoms with Gasteiger partial charge in [-0.1, -0.05) is 18.2 Å². The molecule has 30 heavy (non-hydrogen) atoms. The third-order valence-electron chi connectivity index (χ3n) is 4.96. The second-order valence-electron chi connectivity index (χ2n) is 7.29. The van der Waals surface area contributed by atoms with E-state index in [0.29, 0.717) is 33.7 Å². The van der Waals surface area contributed by atoms with Gasteiger partial charge in [0.15, 0.2) is 11.4 Å². The molecule has 7 heteroatoms. The topological polar surface area (TPSA) is 85.8 Å². The van der Waals surface area contributed by atoms with Crippen LogP contribution in [-0.2, 0) is 0 Å². The van der Waals surface area contributed by atoms with Crippen LogP contribution < -0.4 is 5.32 Å². The number of benzene rings is 1. The predicted molar refractivity (Wildman–Crippen MR) is 115 cm³/mol. The van der Waals surface area contributed by atoms with Gasteiger partial charge in [-0.3, -0.25) is 9.78 Å². The van der Waals surface area contributed by atoms with Crippen LogP contribution in [0.5, 0.6) is 0 Å². The Bertz CT molecular complexity index is 1360. The van der Waals surface area contributed by atoms with Crippen molar-refractivity contribution in [2.75, 3.05) is 5.32 Å². The number of pyridine rings is 2. The summed E-state index contributed by atoms with van der Waals surface area (Å²) in [5, 5.41) is 9.10. The van der Waals surface area contributed by atoms with Gasteiger partial charge in [-0.05, 0) is 44.2 Å². The largest absolute Gasteiger partial charge is 0.463 e. The Labute approximate surface area is 172 Å². The first kappa shape index (κ1) is 18.1. The van der Waals surface area contributed by atoms with Crippen molar-refractivity contribution in [3.05, 3.63) is 72.8 Å². The summed E-state index contributed by atoms with van der Waals surface area (Å²) in [6.07, 6.45) is 4.98. The Morgan fingerprint density at radius 1 is 1.13 bits per heavy atom. The van der Waals surface area contributed by atoms with Gasteiger partial charge in [-0.15, -0.1) is 0 Å². The minimum Gasteiger partial charge on any atom is -0.463 e. The Morgan fingerprint density at radius 3 is 2.80 bits per heavy atom. The number of fused-ring (bicyclic) bond motifs is 2. The first-order valence-corrected chi connectivity index (χ1v) is 9.69. The number of aromatic nitrogens is 4. The molecule has 0 atom stereocenters. The van der Waals surface area contributed by atoms with Crippen LogP contribution in [0.2, 0.25) is 0 Å². The molecule has 0 saturated heterocycles. The van der Waals surface area contributed by atoms with E-state index in [1.54, 1.807) is 35.5 Å². The third-order valence-corrected chi connectivity index (χ3v) is 4.96. The monoisotopic (exact) mass is 397 g/mol. The lowest BCUT2D eigenvalue weighted by Crippen LogP contribution is -2.14. The molecule has 4 heterocycles. The number of nitrogens with one attached hydrogen (secondary N) is 1. The number of furan rings is 1. The molecule has 0 spiro atoms. The Hall–Kier alpha value is -4.00. The lowest BCUT2D eigenvalue weighted by molar-refractivity contribution is 0.102. The number of carbonyl (C=O) groups excluding carboxylic acids is 1. The summed E-state index contributed by atoms with van der Waals surface area (Å²) in [6, 6.07) is 15.0. The standard InChI is InChI=1S/C23H19N5O2/c1-14(2)28-22-17(13-25-28)16(12-19(26-22)20-9-5-11-30-20)23(29)27-18-8-3-6-15-7-4-10-24-21(15)18/h3-14H,1-2H3,(H,27,29). The number of rotatable bonds is 4. The van der Waals surface area contributed by atoms with Gasteiger partial charge < -0.3 is 9.73 Å². The van der Waals surface area contributed by atoms with Crippen molar-refractivity contribution in [1.29, 1.82) is 0 Å². The van der Waals surface area contributed by atoms with Crippen molar-refractivity contribution in [3.63, 3.8) is 0 Å². The molecule has 7 nitrogen and oxygen atoms in total. The summed E-state index contributed by atoms with van der Waals surface area (Å²) in [5.74, 6) is 0.339. The van der Waals surface area contributed by atoms with Gasteiger partial charge in [0, 0.05) is 17.6 Å². The highest BCUT2D eigenvalue weighted by Crippen LogP contribution is 2.28. The highest BCUT2D eigenvalue weighted by molar-refractivity contribution is 6.14. The zero-order valence-corrected chi connectivity index (χ0v) is 16.5. The molecule has 0 saturated carbocycles. The Kier molecular flexibility index (Phi) is 4.28. The molecule has 0 unspecified atom stereocenters. The fourth-order valence-electron chi connectivity index (χ4n) is 3.53. The molecular weight excluding hydrogens is 378 g/mol. The molecule has 0 radical (unpaired) electrons. The number of hydrogen-bond acceptors (Lipinski definition) is 5. The van der Waals surface area contributed by atoms with Gasteiger partial charge in [0.1, 0.15) is 5.69 Å². The smallest absolute Gasteiger partial charge is 0.256 e. The molecular formula is C23H19N5O2. The summed E-state index contributed by atoms with van der Waals surface area (Å²) in [5.41, 5.74) is 3.09. The average molecular weight is 397 g/mol. The predicted octanol–water partition coefficient (Wildman–Crippen LogP) is 5.07. The number of carbonyl (C=O) groups is 1. The maximum atomic E-state index is 13.3. The zero-order chi connectivity index (χ0) is 20.7. The van der Waals surface area contributed by atoms with E-state index in [0.717, 1.165) is 10.9 Å². The molecule has 4 aromatic heterocycles. The van der Waals surface area contributed by atoms with Crippen LogP contribution in [0.1, 0.15) is 30.2 Å². The summed E-state index contributed by atoms with van der Waals surface area (Å²) in [4.78, 5) is 22.5. The molecule has 148 valence electrons. The lowest BCUT2D eigenvalue weighted by Gasteiger charge is -2.11. The third kappa shape index (κ3) is 3.00. The number of para-hydroxylation sites is 1. The number of nitrogens with zero attached hydrogens (tertiary/aromatic N) is 4. The number of anilines is 1. The molecule has 1 amide bonds. The highest BCUT2D eigenvalue weighted by atomic mass is 16.3. The Morgan fingerprint density at radius 2 is 2.00 bits per heavy atom. The second-order valence-corrected chi connectivity index (χ2v) is 7.29. The molecule has 0 aliphatic heterocycles. The highest BCUT2D eigenvalue weighted by Gasteiger charge is 2.20. The molecule has 0 aliphatic carbocycles. The van der Waals surface area contributed by atoms with E-state index >= 15 is 0 Å². The van der Waals surface area contributed by atoms with E-state index < -0.39 is 0 Å². The Balaban J connectivity index is 1.64. The van der Waals surface area contributed by atoms with E-state index in [9.17, 15) is 4.79 Å². The van der Waals surface area contributed by atoms with Gasteiger partial charge in [-0.25, -0.2) is 9.67 Å². The van der Waals surface area contributed by atoms with E-state index in [1.165, 1.54) is 0 Å². The SMILES string of the molecule is CC(C)n1ncc2c(C(=O)Nc3cccc4cccnc34)cc(-c3ccco3)nc21. The van der Waals surface area contributed by atoms with Gasteiger partial charge in [0.25, 0.3) is 5.91 Å². The fraction of sp³-hybridized carbons (Fsp3) is 0.130. The van der Waals surface area contributed by atoms with Crippen molar-refractivity contribution in [2.24, 2.45) is 0 Å². The summed E-state index contributed by atoms with van der Waals surface area (Å²) in [6.45, 7) is 4.05. The summed E-state index contributed by atoms with van der Waals surface area (Å²) in [7, 11) is 0. The second kappa shape index (κ2) is 7.11. The summed E-state index contributed by atoms with van der Waals surface area (Å²) < 4.78 is 7.33. The van der Waals surface area contributed by atoms with Crippen molar-refractivity contribution in [3.8, 4) is 11.5 Å². The van der Waals surface area contributed by atoms with Gasteiger partial charge in [0.05, 0.1) is 34.6 Å². The van der Waals surface area contributed by atoms with Gasteiger partial charge >= 0.3 is 0 Å². The van der Waals surface area contributed by atoms with Crippen LogP contribution in [0.4, 0.5) is 5.69 Å². The first-order chi connectivity index (χ1) is 14.6. The molecule has 0 aliphatic rings. The van der Waals surface area contributed by atoms with Crippen LogP contribution in [0.3, 0.4) is 0 Å². The minimum absolute atomic E-state index is 0.0972. The lowest BCUT2D eigenvalue weighted by atomic mass is 10.1. The van der Waals surface area contributed by atoms with Crippen LogP contribution in [0.15, 0.2) is 71.6 Å². The first-order valence-electron chi connectivity index (χ1n) is 9.69. The summed E-state index contributed by atoms with van der Waals surface area (Å²) >= 11 is 0. The number of hydrogen-bond donors (Lipinski definition) is 1. The maximum absolute atomic E-state index is 13.3. The van der Waals surface area contributed by atoms with Gasteiger partial charge in [-0.2, -0.15) is 5.10 Å². The van der Waals surface area contributed by atoms with E-state index in [1.807, 2.05) is 50.2 Å². The van der Waals surface area contributed by atoms with E-state index in [-0.39, 0.29) is 11.9 Å². The van der Waals surface area contributed by atoms with Crippen molar-refractivity contribution in [1.82, 2.24) is 19.7 Å². The van der Waals surface area contributed by atoms with Crippen LogP contribution in [-0.4, -0.2) is 25.7 Å². The molecule has 0 bridgehead atoms. The van der Waals surface area contributed by atoms with Crippen LogP contribution >= 0.6 is 0 Å². The van der Waals surface area contributed by atoms with Crippen molar-refractivity contribution >= 4 is 33.5 Å². The molecule has 5 rings (SSSR count). The van der Waals surface area contributed by atoms with E-state index in [2.05, 4.69) is 15.4 Å². The van der Waals surface area contributed by atoms with E-state index in [4.69, 9.17) is 9.40 Å². The van der Waals surface area contributed by atoms with Crippen molar-refractivity contribution < 1.29 is 9.21 Å². The van der Waals surface area contributed by atoms with Gasteiger partial charge in [0.2, 0.25) is 0 Å². The molecule has 5 aromatic rings. The normalized spacial score (nSPS) is 11.4. The quantitative estimate of drug-likeness (QED) is 0.457. The van der Waals surface area contributed by atoms with Crippen LogP contribution in [0.25, 0.3) is 33.4 Å². The molecule has 1 N–H and O–H groups in total. The molecule has 1 aromatic carbocycles.